The Balaban J connectivity index is 5.09. The van der Waals surface area contributed by atoms with E-state index in [1.54, 1.807) is 0 Å². The first-order valence-electron chi connectivity index (χ1n) is 34.4. The van der Waals surface area contributed by atoms with Crippen molar-refractivity contribution in [3.05, 3.63) is 85.1 Å². The zero-order valence-electron chi connectivity index (χ0n) is 54.4. The molecule has 1 amide bonds. The van der Waals surface area contributed by atoms with Crippen LogP contribution in [0, 0.1) is 0 Å². The highest BCUT2D eigenvalue weighted by atomic mass is 31.2. The van der Waals surface area contributed by atoms with Gasteiger partial charge in [-0.05, 0) is 102 Å². The van der Waals surface area contributed by atoms with Crippen LogP contribution < -0.4 is 10.2 Å². The molecule has 1 N–H and O–H groups in total. The van der Waals surface area contributed by atoms with Crippen LogP contribution in [0.4, 0.5) is 0 Å². The second-order valence-corrected chi connectivity index (χ2v) is 25.7. The first-order valence-corrected chi connectivity index (χ1v) is 35.9. The van der Waals surface area contributed by atoms with Gasteiger partial charge >= 0.3 is 5.97 Å². The van der Waals surface area contributed by atoms with Gasteiger partial charge in [0, 0.05) is 12.8 Å². The molecule has 0 heterocycles. The number of quaternary nitrogens is 1. The van der Waals surface area contributed by atoms with Crippen LogP contribution in [0.5, 0.6) is 0 Å². The Labute approximate surface area is 507 Å². The Bertz CT molecular complexity index is 1680. The van der Waals surface area contributed by atoms with Crippen LogP contribution in [-0.4, -0.2) is 69.4 Å². The third-order valence-corrected chi connectivity index (χ3v) is 16.0. The molecule has 0 radical (unpaired) electrons. The van der Waals surface area contributed by atoms with E-state index in [9.17, 15) is 19.0 Å². The maximum atomic E-state index is 13.5. The first kappa shape index (κ1) is 79.2. The largest absolute Gasteiger partial charge is 0.756 e. The molecular formula is C72H131N2O7P. The van der Waals surface area contributed by atoms with Gasteiger partial charge < -0.3 is 28.5 Å². The van der Waals surface area contributed by atoms with Crippen LogP contribution in [0.3, 0.4) is 0 Å². The summed E-state index contributed by atoms with van der Waals surface area (Å²) in [5.41, 5.74) is 0. The Morgan fingerprint density at radius 3 is 1.16 bits per heavy atom. The molecule has 0 aliphatic heterocycles. The van der Waals surface area contributed by atoms with Crippen LogP contribution in [-0.2, 0) is 27.9 Å². The highest BCUT2D eigenvalue weighted by Crippen LogP contribution is 2.38. The molecule has 0 fully saturated rings. The lowest BCUT2D eigenvalue weighted by molar-refractivity contribution is -0.870. The number of carbonyl (C=O) groups excluding carboxylic acids is 2. The fraction of sp³-hybridized carbons (Fsp3) is 0.778. The molecule has 0 saturated carbocycles. The number of rotatable bonds is 62. The monoisotopic (exact) mass is 1170 g/mol. The Morgan fingerprint density at radius 2 is 0.756 bits per heavy atom. The number of ether oxygens (including phenoxy) is 1. The molecule has 0 aromatic rings. The topological polar surface area (TPSA) is 114 Å². The van der Waals surface area contributed by atoms with Gasteiger partial charge in [-0.25, -0.2) is 0 Å². The molecule has 0 aromatic carbocycles. The summed E-state index contributed by atoms with van der Waals surface area (Å²) < 4.78 is 30.3. The highest BCUT2D eigenvalue weighted by molar-refractivity contribution is 7.45. The van der Waals surface area contributed by atoms with Crippen molar-refractivity contribution in [2.45, 2.75) is 322 Å². The average molecular weight is 1170 g/mol. The quantitative estimate of drug-likeness (QED) is 0.0212. The van der Waals surface area contributed by atoms with Crippen molar-refractivity contribution in [3.63, 3.8) is 0 Å². The number of allylic oxidation sites excluding steroid dienone is 13. The minimum absolute atomic E-state index is 0.0342. The van der Waals surface area contributed by atoms with E-state index in [0.717, 1.165) is 70.6 Å². The molecule has 0 saturated heterocycles. The number of hydrogen-bond donors (Lipinski definition) is 1. The summed E-state index contributed by atoms with van der Waals surface area (Å²) in [6.45, 7) is 6.77. The standard InChI is InChI=1S/C72H131N2O7P/c1-7-10-13-16-19-22-25-28-30-32-33-34-35-36-37-38-39-40-41-43-45-47-50-53-56-59-62-65-72(76)81-70(63-60-57-54-51-48-27-24-21-18-15-12-9-3)69(68-80-82(77,78)79-67-66-74(4,5)6)73-71(75)64-61-58-55-52-49-46-44-42-31-29-26-23-20-17-14-11-8-2/h19-20,22-23,28-31,44,46,52,55,60,63,69-70H,7-18,21,24-27,32-43,45,47-51,53-54,56-59,61-62,64-68H2,1-6H3,(H-,73,75,77,78)/b22-19-,23-20-,30-28-,31-29-,46-44-,55-52-,63-60-. The van der Waals surface area contributed by atoms with Crippen molar-refractivity contribution in [2.24, 2.45) is 0 Å². The molecule has 0 aliphatic carbocycles. The van der Waals surface area contributed by atoms with Gasteiger partial charge in [-0.1, -0.05) is 280 Å². The smallest absolute Gasteiger partial charge is 0.306 e. The summed E-state index contributed by atoms with van der Waals surface area (Å²) >= 11 is 0. The Kier molecular flexibility index (Phi) is 59.2. The number of nitrogens with one attached hydrogen (secondary N) is 1. The molecule has 82 heavy (non-hydrogen) atoms. The van der Waals surface area contributed by atoms with Crippen LogP contribution in [0.2, 0.25) is 0 Å². The summed E-state index contributed by atoms with van der Waals surface area (Å²) in [6.07, 6.45) is 81.5. The Hall–Kier alpha value is -2.81. The van der Waals surface area contributed by atoms with Crippen LogP contribution in [0.25, 0.3) is 0 Å². The van der Waals surface area contributed by atoms with Crippen molar-refractivity contribution >= 4 is 19.7 Å². The SMILES string of the molecule is CCCCC/C=C\C/C=C\C/C=C\C/C=C\CCCC(=O)NC(COP(=O)([O-])OCC[N+](C)(C)C)C(/C=C\CCCCCCCCCCCC)OC(=O)CCCCCCCCCCCCCCCCCCC/C=C\C/C=C\CCCCC. The maximum Gasteiger partial charge on any atom is 0.306 e. The van der Waals surface area contributed by atoms with Crippen molar-refractivity contribution in [1.29, 1.82) is 0 Å². The first-order chi connectivity index (χ1) is 39.9. The fourth-order valence-electron chi connectivity index (χ4n) is 9.72. The molecule has 0 spiro atoms. The molecule has 0 aliphatic rings. The molecule has 476 valence electrons. The second kappa shape index (κ2) is 61.3. The maximum absolute atomic E-state index is 13.5. The highest BCUT2D eigenvalue weighted by Gasteiger charge is 2.27. The van der Waals surface area contributed by atoms with E-state index in [1.807, 2.05) is 33.3 Å². The van der Waals surface area contributed by atoms with E-state index in [2.05, 4.69) is 99.0 Å². The lowest BCUT2D eigenvalue weighted by atomic mass is 10.0. The van der Waals surface area contributed by atoms with Crippen molar-refractivity contribution < 1.29 is 37.3 Å². The fourth-order valence-corrected chi connectivity index (χ4v) is 10.4. The minimum atomic E-state index is -4.72. The average Bonchev–Trinajstić information content (AvgIpc) is 3.44. The van der Waals surface area contributed by atoms with Crippen LogP contribution in [0.1, 0.15) is 310 Å². The predicted octanol–water partition coefficient (Wildman–Crippen LogP) is 21.1. The summed E-state index contributed by atoms with van der Waals surface area (Å²) in [6, 6.07) is -0.920. The normalized spacial score (nSPS) is 14.1. The third-order valence-electron chi connectivity index (χ3n) is 15.0. The number of esters is 1. The summed E-state index contributed by atoms with van der Waals surface area (Å²) in [7, 11) is 1.15. The molecule has 10 heteroatoms. The van der Waals surface area contributed by atoms with Crippen molar-refractivity contribution in [1.82, 2.24) is 5.32 Å². The van der Waals surface area contributed by atoms with Crippen molar-refractivity contribution in [3.8, 4) is 0 Å². The van der Waals surface area contributed by atoms with E-state index < -0.39 is 26.6 Å². The summed E-state index contributed by atoms with van der Waals surface area (Å²) in [4.78, 5) is 40.1. The van der Waals surface area contributed by atoms with Crippen LogP contribution in [0.15, 0.2) is 85.1 Å². The number of likely N-dealkylation sites (N-methyl/N-ethyl adjacent to an activating group) is 1. The van der Waals surface area contributed by atoms with E-state index >= 15 is 0 Å². The molecule has 0 bridgehead atoms. The van der Waals surface area contributed by atoms with Crippen LogP contribution >= 0.6 is 7.82 Å². The predicted molar refractivity (Wildman–Crippen MR) is 353 cm³/mol. The van der Waals surface area contributed by atoms with Crippen molar-refractivity contribution in [2.75, 3.05) is 40.9 Å². The molecular weight excluding hydrogens is 1040 g/mol. The van der Waals surface area contributed by atoms with E-state index in [0.29, 0.717) is 17.4 Å². The van der Waals surface area contributed by atoms with Gasteiger partial charge in [0.25, 0.3) is 7.82 Å². The number of nitrogens with zero attached hydrogens (tertiary/aromatic N) is 1. The zero-order valence-corrected chi connectivity index (χ0v) is 55.3. The molecule has 0 aromatic heterocycles. The van der Waals surface area contributed by atoms with Gasteiger partial charge in [-0.3, -0.25) is 14.2 Å². The van der Waals surface area contributed by atoms with E-state index in [1.165, 1.54) is 199 Å². The Morgan fingerprint density at radius 1 is 0.427 bits per heavy atom. The zero-order chi connectivity index (χ0) is 60.0. The van der Waals surface area contributed by atoms with E-state index in [-0.39, 0.29) is 31.3 Å². The minimum Gasteiger partial charge on any atom is -0.756 e. The summed E-state index contributed by atoms with van der Waals surface area (Å²) in [5.74, 6) is -0.601. The lowest BCUT2D eigenvalue weighted by Crippen LogP contribution is -2.47. The summed E-state index contributed by atoms with van der Waals surface area (Å²) in [5, 5.41) is 3.00. The molecule has 9 nitrogen and oxygen atoms in total. The number of unbranched alkanes of at least 4 members (excludes halogenated alkanes) is 34. The van der Waals surface area contributed by atoms with Gasteiger partial charge in [-0.2, -0.15) is 0 Å². The van der Waals surface area contributed by atoms with E-state index in [4.69, 9.17) is 13.8 Å². The van der Waals surface area contributed by atoms with Gasteiger partial charge in [0.15, 0.2) is 0 Å². The molecule has 3 atom stereocenters. The second-order valence-electron chi connectivity index (χ2n) is 24.3. The van der Waals surface area contributed by atoms with Gasteiger partial charge in [0.2, 0.25) is 5.91 Å². The number of hydrogen-bond acceptors (Lipinski definition) is 7. The van der Waals surface area contributed by atoms with Gasteiger partial charge in [0.1, 0.15) is 19.3 Å². The van der Waals surface area contributed by atoms with Gasteiger partial charge in [0.05, 0.1) is 33.8 Å². The number of amides is 1. The number of carbonyl (C=O) groups is 2. The number of phosphoric acid groups is 1. The van der Waals surface area contributed by atoms with Gasteiger partial charge in [-0.15, -0.1) is 0 Å². The lowest BCUT2D eigenvalue weighted by Gasteiger charge is -2.30. The molecule has 3 unspecified atom stereocenters. The number of phosphoric ester groups is 1. The molecule has 0 rings (SSSR count). The third kappa shape index (κ3) is 61.7.